The Bertz CT molecular complexity index is 281. The molecule has 0 amide bonds. The number of ether oxygens (including phenoxy) is 6. The summed E-state index contributed by atoms with van der Waals surface area (Å²) in [5.41, 5.74) is 0. The minimum Gasteiger partial charge on any atom is -0.368 e. The van der Waals surface area contributed by atoms with E-state index in [0.29, 0.717) is 26.2 Å². The second kappa shape index (κ2) is 3.38. The fourth-order valence-corrected chi connectivity index (χ4v) is 2.05. The maximum absolute atomic E-state index is 5.72. The van der Waals surface area contributed by atoms with E-state index >= 15 is 0 Å². The molecule has 0 aromatic heterocycles. The van der Waals surface area contributed by atoms with Gasteiger partial charge in [-0.15, -0.1) is 0 Å². The van der Waals surface area contributed by atoms with E-state index in [0.717, 1.165) is 6.42 Å². The molecule has 0 saturated carbocycles. The van der Waals surface area contributed by atoms with E-state index in [-0.39, 0.29) is 24.8 Å². The van der Waals surface area contributed by atoms with Crippen LogP contribution >= 0.6 is 0 Å². The van der Waals surface area contributed by atoms with Gasteiger partial charge in [-0.05, 0) is 6.42 Å². The molecular formula is C10H14O6. The van der Waals surface area contributed by atoms with Crippen molar-refractivity contribution in [1.29, 1.82) is 0 Å². The second-order valence-electron chi connectivity index (χ2n) is 4.49. The highest BCUT2D eigenvalue weighted by molar-refractivity contribution is 4.85. The molecule has 0 bridgehead atoms. The van der Waals surface area contributed by atoms with Gasteiger partial charge < -0.3 is 14.2 Å². The van der Waals surface area contributed by atoms with Crippen molar-refractivity contribution < 1.29 is 28.4 Å². The lowest BCUT2D eigenvalue weighted by atomic mass is 10.2. The van der Waals surface area contributed by atoms with Crippen LogP contribution in [0.3, 0.4) is 0 Å². The molecule has 3 atom stereocenters. The maximum atomic E-state index is 5.72. The molecule has 4 aliphatic heterocycles. The Morgan fingerprint density at radius 2 is 1.44 bits per heavy atom. The number of hydrogen-bond donors (Lipinski definition) is 0. The molecular weight excluding hydrogens is 216 g/mol. The van der Waals surface area contributed by atoms with E-state index < -0.39 is 5.97 Å². The predicted octanol–water partition coefficient (Wildman–Crippen LogP) is -0.0362. The molecule has 0 aliphatic carbocycles. The van der Waals surface area contributed by atoms with Gasteiger partial charge in [0.05, 0.1) is 19.8 Å². The summed E-state index contributed by atoms with van der Waals surface area (Å²) >= 11 is 0. The summed E-state index contributed by atoms with van der Waals surface area (Å²) in [7, 11) is 0. The molecule has 3 unspecified atom stereocenters. The first-order valence-electron chi connectivity index (χ1n) is 5.73. The summed E-state index contributed by atoms with van der Waals surface area (Å²) in [5, 5.41) is 0. The van der Waals surface area contributed by atoms with Crippen molar-refractivity contribution in [3.8, 4) is 0 Å². The largest absolute Gasteiger partial charge is 0.368 e. The summed E-state index contributed by atoms with van der Waals surface area (Å²) in [6.45, 7) is 2.06. The van der Waals surface area contributed by atoms with Crippen LogP contribution in [0.2, 0.25) is 0 Å². The molecule has 16 heavy (non-hydrogen) atoms. The molecule has 4 heterocycles. The second-order valence-corrected chi connectivity index (χ2v) is 4.49. The van der Waals surface area contributed by atoms with E-state index in [9.17, 15) is 0 Å². The van der Waals surface area contributed by atoms with Gasteiger partial charge in [0.25, 0.3) is 5.97 Å². The van der Waals surface area contributed by atoms with Crippen molar-refractivity contribution in [3.05, 3.63) is 0 Å². The lowest BCUT2D eigenvalue weighted by molar-refractivity contribution is -0.557. The monoisotopic (exact) mass is 230 g/mol. The summed E-state index contributed by atoms with van der Waals surface area (Å²) in [5.74, 6) is -0.913. The predicted molar refractivity (Wildman–Crippen MR) is 48.2 cm³/mol. The van der Waals surface area contributed by atoms with Gasteiger partial charge in [0.15, 0.2) is 12.6 Å². The number of hydrogen-bond acceptors (Lipinski definition) is 6. The summed E-state index contributed by atoms with van der Waals surface area (Å²) < 4.78 is 32.9. The molecule has 90 valence electrons. The van der Waals surface area contributed by atoms with Gasteiger partial charge in [-0.25, -0.2) is 0 Å². The fourth-order valence-electron chi connectivity index (χ4n) is 2.05. The first-order valence-corrected chi connectivity index (χ1v) is 5.73. The average Bonchev–Trinajstić information content (AvgIpc) is 3.07. The van der Waals surface area contributed by atoms with Gasteiger partial charge in [0.1, 0.15) is 12.2 Å². The Balaban J connectivity index is 1.42. The SMILES string of the molecule is C1COC(C2CO2)OC2(C1)OC(C1CO1)O2. The standard InChI is InChI=1S/C10H14O6/c1-2-10(15-9(16-10)7-5-13-7)14-8(11-3-1)6-4-12-6/h6-9H,1-5H2. The third-order valence-electron chi connectivity index (χ3n) is 3.12. The minimum atomic E-state index is -0.913. The van der Waals surface area contributed by atoms with E-state index in [4.69, 9.17) is 28.4 Å². The van der Waals surface area contributed by atoms with Crippen LogP contribution in [0, 0.1) is 0 Å². The number of epoxide rings is 2. The molecule has 6 heteroatoms. The van der Waals surface area contributed by atoms with Crippen LogP contribution in [-0.4, -0.2) is 50.6 Å². The van der Waals surface area contributed by atoms with Gasteiger partial charge in [-0.3, -0.25) is 14.2 Å². The van der Waals surface area contributed by atoms with E-state index in [1.54, 1.807) is 0 Å². The van der Waals surface area contributed by atoms with E-state index in [1.165, 1.54) is 0 Å². The third kappa shape index (κ3) is 1.66. The lowest BCUT2D eigenvalue weighted by Gasteiger charge is -2.45. The Morgan fingerprint density at radius 3 is 2.12 bits per heavy atom. The summed E-state index contributed by atoms with van der Waals surface area (Å²) in [6.07, 6.45) is 1.07. The van der Waals surface area contributed by atoms with Crippen LogP contribution in [0.5, 0.6) is 0 Å². The maximum Gasteiger partial charge on any atom is 0.289 e. The van der Waals surface area contributed by atoms with Gasteiger partial charge in [-0.1, -0.05) is 0 Å². The quantitative estimate of drug-likeness (QED) is 0.620. The fraction of sp³-hybridized carbons (Fsp3) is 1.00. The zero-order chi connectivity index (χ0) is 10.6. The third-order valence-corrected chi connectivity index (χ3v) is 3.12. The molecule has 4 saturated heterocycles. The number of rotatable bonds is 2. The first-order chi connectivity index (χ1) is 7.85. The molecule has 4 aliphatic rings. The van der Waals surface area contributed by atoms with Crippen molar-refractivity contribution in [3.63, 3.8) is 0 Å². The van der Waals surface area contributed by atoms with Crippen molar-refractivity contribution in [1.82, 2.24) is 0 Å². The topological polar surface area (TPSA) is 62.0 Å². The summed E-state index contributed by atoms with van der Waals surface area (Å²) in [6, 6.07) is 0. The van der Waals surface area contributed by atoms with Crippen LogP contribution in [0.25, 0.3) is 0 Å². The molecule has 4 fully saturated rings. The molecule has 6 nitrogen and oxygen atoms in total. The van der Waals surface area contributed by atoms with Crippen LogP contribution < -0.4 is 0 Å². The Labute approximate surface area is 92.7 Å². The van der Waals surface area contributed by atoms with Crippen LogP contribution in [0.1, 0.15) is 12.8 Å². The smallest absolute Gasteiger partial charge is 0.289 e. The lowest BCUT2D eigenvalue weighted by Crippen LogP contribution is -2.58. The van der Waals surface area contributed by atoms with Crippen molar-refractivity contribution in [2.24, 2.45) is 0 Å². The molecule has 0 radical (unpaired) electrons. The van der Waals surface area contributed by atoms with Crippen LogP contribution in [0.15, 0.2) is 0 Å². The van der Waals surface area contributed by atoms with Gasteiger partial charge in [0.2, 0.25) is 0 Å². The zero-order valence-electron chi connectivity index (χ0n) is 8.79. The average molecular weight is 230 g/mol. The van der Waals surface area contributed by atoms with Gasteiger partial charge in [-0.2, -0.15) is 0 Å². The van der Waals surface area contributed by atoms with Crippen molar-refractivity contribution >= 4 is 0 Å². The Kier molecular flexibility index (Phi) is 2.06. The van der Waals surface area contributed by atoms with Crippen molar-refractivity contribution in [2.45, 2.75) is 43.6 Å². The normalized spacial score (nSPS) is 55.5. The molecule has 0 N–H and O–H groups in total. The van der Waals surface area contributed by atoms with E-state index in [1.807, 2.05) is 0 Å². The molecule has 0 aromatic carbocycles. The molecule has 1 spiro atoms. The highest BCUT2D eigenvalue weighted by Gasteiger charge is 2.58. The van der Waals surface area contributed by atoms with Gasteiger partial charge in [0, 0.05) is 6.42 Å². The molecule has 4 rings (SSSR count). The zero-order valence-corrected chi connectivity index (χ0v) is 8.79. The van der Waals surface area contributed by atoms with Gasteiger partial charge >= 0.3 is 0 Å². The van der Waals surface area contributed by atoms with E-state index in [2.05, 4.69) is 0 Å². The first kappa shape index (κ1) is 9.76. The van der Waals surface area contributed by atoms with Crippen LogP contribution in [0.4, 0.5) is 0 Å². The summed E-state index contributed by atoms with van der Waals surface area (Å²) in [4.78, 5) is 0. The molecule has 0 aromatic rings. The Hall–Kier alpha value is -0.240. The van der Waals surface area contributed by atoms with Crippen LogP contribution in [-0.2, 0) is 28.4 Å². The minimum absolute atomic E-state index is 0.0402. The Morgan fingerprint density at radius 1 is 0.812 bits per heavy atom. The van der Waals surface area contributed by atoms with Crippen molar-refractivity contribution in [2.75, 3.05) is 19.8 Å². The highest BCUT2D eigenvalue weighted by atomic mass is 17.0. The highest BCUT2D eigenvalue weighted by Crippen LogP contribution is 2.42.